The van der Waals surface area contributed by atoms with Crippen LogP contribution in [0, 0.1) is 23.7 Å². The van der Waals surface area contributed by atoms with Crippen LogP contribution in [0.25, 0.3) is 0 Å². The fourth-order valence-corrected chi connectivity index (χ4v) is 11.9. The SMILES string of the molecule is CC/C(=C\[C@H](C)C(=O)N(CCc1ccc(O)cc1)C/C(=C/[C@H](C)C(=O)N(C/C(C)=C/[C@@H](C)C(=O)N(CC(=O)NCCCC(=O)N(CCN)CC(=O)N(CCN)CC(=O)CC(CSC)C(N)=O)Cc1ccc(C(F)(F)F)cc1)Cc1ccc2c(c1)OCO2)CC)CNCc1ccccc1. The van der Waals surface area contributed by atoms with Crippen molar-refractivity contribution in [3.8, 4) is 17.2 Å². The molecule has 0 aromatic heterocycles. The van der Waals surface area contributed by atoms with Crippen LogP contribution in [-0.2, 0) is 70.6 Å². The lowest BCUT2D eigenvalue weighted by Gasteiger charge is -2.29. The number of aromatic hydroxyl groups is 1. The van der Waals surface area contributed by atoms with Crippen LogP contribution in [0.4, 0.5) is 13.2 Å². The number of primary amides is 1. The highest BCUT2D eigenvalue weighted by atomic mass is 32.2. The van der Waals surface area contributed by atoms with E-state index in [1.165, 1.54) is 38.6 Å². The number of ether oxygens (including phenoxy) is 2. The monoisotopic (exact) mass is 1380 g/mol. The molecule has 1 aliphatic heterocycles. The molecule has 98 heavy (non-hydrogen) atoms. The Morgan fingerprint density at radius 3 is 1.83 bits per heavy atom. The van der Waals surface area contributed by atoms with Crippen LogP contribution in [0.3, 0.4) is 0 Å². The molecule has 4 aromatic rings. The van der Waals surface area contributed by atoms with Gasteiger partial charge in [0.2, 0.25) is 48.1 Å². The van der Waals surface area contributed by atoms with Gasteiger partial charge in [-0.15, -0.1) is 0 Å². The number of nitrogens with zero attached hydrogens (tertiary/aromatic N) is 5. The Morgan fingerprint density at radius 1 is 0.643 bits per heavy atom. The molecule has 0 saturated carbocycles. The number of ketones is 1. The van der Waals surface area contributed by atoms with Crippen molar-refractivity contribution in [1.29, 1.82) is 0 Å². The maximum atomic E-state index is 15.0. The summed E-state index contributed by atoms with van der Waals surface area (Å²) < 4.78 is 52.3. The van der Waals surface area contributed by atoms with E-state index < -0.39 is 83.8 Å². The average Bonchev–Trinajstić information content (AvgIpc) is 1.23. The number of amides is 7. The molecule has 9 N–H and O–H groups in total. The van der Waals surface area contributed by atoms with Crippen LogP contribution in [0.2, 0.25) is 0 Å². The van der Waals surface area contributed by atoms with Crippen molar-refractivity contribution in [3.63, 3.8) is 0 Å². The van der Waals surface area contributed by atoms with E-state index in [0.717, 1.165) is 46.4 Å². The Labute approximate surface area is 578 Å². The zero-order valence-electron chi connectivity index (χ0n) is 57.6. The Hall–Kier alpha value is -8.52. The molecular formula is C73H99F3N10O11S. The van der Waals surface area contributed by atoms with Gasteiger partial charge < -0.3 is 66.9 Å². The number of carbonyl (C=O) groups is 8. The number of fused-ring (bicyclic) bond motifs is 1. The molecule has 7 amide bonds. The van der Waals surface area contributed by atoms with Crippen molar-refractivity contribution < 1.29 is 66.1 Å². The molecule has 0 spiro atoms. The van der Waals surface area contributed by atoms with E-state index in [2.05, 4.69) is 29.7 Å². The molecule has 5 rings (SSSR count). The van der Waals surface area contributed by atoms with Crippen LogP contribution >= 0.6 is 11.8 Å². The molecule has 0 radical (unpaired) electrons. The number of hydrogen-bond acceptors (Lipinski definition) is 15. The van der Waals surface area contributed by atoms with Gasteiger partial charge in [0.15, 0.2) is 17.3 Å². The number of rotatable bonds is 42. The smallest absolute Gasteiger partial charge is 0.416 e. The van der Waals surface area contributed by atoms with Gasteiger partial charge in [-0.3, -0.25) is 38.4 Å². The first-order valence-corrected chi connectivity index (χ1v) is 34.7. The summed E-state index contributed by atoms with van der Waals surface area (Å²) in [5, 5.41) is 16.2. The van der Waals surface area contributed by atoms with Crippen LogP contribution in [0.15, 0.2) is 132 Å². The third-order valence-corrected chi connectivity index (χ3v) is 17.3. The lowest BCUT2D eigenvalue weighted by atomic mass is 10.00. The number of Topliss-reactive ketones (excluding diaryl/α,β-unsaturated/α-hetero) is 1. The third kappa shape index (κ3) is 27.1. The fraction of sp³-hybridized carbons (Fsp3) is 0.479. The molecule has 0 saturated heterocycles. The number of phenols is 1. The van der Waals surface area contributed by atoms with E-state index in [1.807, 2.05) is 67.3 Å². The average molecular weight is 1380 g/mol. The lowest BCUT2D eigenvalue weighted by Crippen LogP contribution is -2.47. The topological polar surface area (TPSA) is 294 Å². The van der Waals surface area contributed by atoms with E-state index in [0.29, 0.717) is 60.9 Å². The van der Waals surface area contributed by atoms with Gasteiger partial charge in [0, 0.05) is 97.1 Å². The van der Waals surface area contributed by atoms with Crippen molar-refractivity contribution in [3.05, 3.63) is 160 Å². The van der Waals surface area contributed by atoms with Gasteiger partial charge in [-0.2, -0.15) is 24.9 Å². The molecule has 1 aliphatic rings. The lowest BCUT2D eigenvalue weighted by molar-refractivity contribution is -0.142. The molecule has 1 heterocycles. The summed E-state index contributed by atoms with van der Waals surface area (Å²) in [6.45, 7) is 11.7. The van der Waals surface area contributed by atoms with Crippen molar-refractivity contribution >= 4 is 58.9 Å². The van der Waals surface area contributed by atoms with Crippen molar-refractivity contribution in [1.82, 2.24) is 35.1 Å². The minimum atomic E-state index is -4.63. The number of halogens is 3. The minimum Gasteiger partial charge on any atom is -0.508 e. The van der Waals surface area contributed by atoms with E-state index >= 15 is 4.79 Å². The highest BCUT2D eigenvalue weighted by Crippen LogP contribution is 2.34. The van der Waals surface area contributed by atoms with Crippen LogP contribution in [-0.4, -0.2) is 174 Å². The van der Waals surface area contributed by atoms with Crippen molar-refractivity contribution in [2.45, 2.75) is 106 Å². The molecule has 0 aliphatic carbocycles. The summed E-state index contributed by atoms with van der Waals surface area (Å²) >= 11 is 1.35. The second-order valence-electron chi connectivity index (χ2n) is 24.7. The quantitative estimate of drug-likeness (QED) is 0.0182. The summed E-state index contributed by atoms with van der Waals surface area (Å²) in [6.07, 6.45) is 4.34. The zero-order valence-corrected chi connectivity index (χ0v) is 58.4. The van der Waals surface area contributed by atoms with Crippen LogP contribution in [0.5, 0.6) is 17.2 Å². The van der Waals surface area contributed by atoms with E-state index in [-0.39, 0.29) is 109 Å². The fourth-order valence-electron chi connectivity index (χ4n) is 11.3. The number of carbonyl (C=O) groups excluding carboxylic acids is 8. The second-order valence-corrected chi connectivity index (χ2v) is 25.6. The second kappa shape index (κ2) is 41.0. The first kappa shape index (κ1) is 80.2. The van der Waals surface area contributed by atoms with Gasteiger partial charge in [0.05, 0.1) is 48.9 Å². The normalized spacial score (nSPS) is 13.6. The van der Waals surface area contributed by atoms with Gasteiger partial charge >= 0.3 is 6.18 Å². The molecule has 0 fully saturated rings. The largest absolute Gasteiger partial charge is 0.508 e. The highest BCUT2D eigenvalue weighted by Gasteiger charge is 2.32. The van der Waals surface area contributed by atoms with Crippen LogP contribution in [0.1, 0.15) is 101 Å². The number of benzene rings is 4. The Morgan fingerprint density at radius 2 is 1.21 bits per heavy atom. The Kier molecular flexibility index (Phi) is 33.6. The summed E-state index contributed by atoms with van der Waals surface area (Å²) in [6, 6.07) is 26.6. The highest BCUT2D eigenvalue weighted by molar-refractivity contribution is 7.98. The summed E-state index contributed by atoms with van der Waals surface area (Å²) in [5.41, 5.74) is 21.9. The summed E-state index contributed by atoms with van der Waals surface area (Å²) in [7, 11) is 0. The molecule has 534 valence electrons. The molecular weight excluding hydrogens is 1280 g/mol. The first-order chi connectivity index (χ1) is 46.7. The van der Waals surface area contributed by atoms with Gasteiger partial charge in [-0.25, -0.2) is 0 Å². The Bertz CT molecular complexity index is 3370. The molecule has 1 unspecified atom stereocenters. The number of nitrogens with one attached hydrogen (secondary N) is 2. The summed E-state index contributed by atoms with van der Waals surface area (Å²) in [4.78, 5) is 117. The Balaban J connectivity index is 1.33. The molecule has 0 bridgehead atoms. The predicted octanol–water partition coefficient (Wildman–Crippen LogP) is 7.78. The van der Waals surface area contributed by atoms with Gasteiger partial charge in [0.1, 0.15) is 5.75 Å². The van der Waals surface area contributed by atoms with E-state index in [1.54, 1.807) is 62.3 Å². The summed E-state index contributed by atoms with van der Waals surface area (Å²) in [5.74, 6) is -4.86. The van der Waals surface area contributed by atoms with E-state index in [9.17, 15) is 51.8 Å². The number of nitrogens with two attached hydrogens (primary N) is 3. The maximum Gasteiger partial charge on any atom is 0.416 e. The van der Waals surface area contributed by atoms with Crippen LogP contribution < -0.4 is 37.3 Å². The number of thioether (sulfide) groups is 1. The van der Waals surface area contributed by atoms with E-state index in [4.69, 9.17) is 26.7 Å². The van der Waals surface area contributed by atoms with Crippen molar-refractivity contribution in [2.24, 2.45) is 40.9 Å². The van der Waals surface area contributed by atoms with Crippen molar-refractivity contribution in [2.75, 3.05) is 97.3 Å². The molecule has 21 nitrogen and oxygen atoms in total. The third-order valence-electron chi connectivity index (χ3n) is 16.6. The predicted molar refractivity (Wildman–Crippen MR) is 374 cm³/mol. The van der Waals surface area contributed by atoms with Gasteiger partial charge in [0.25, 0.3) is 0 Å². The first-order valence-electron chi connectivity index (χ1n) is 33.3. The number of hydrogen-bond donors (Lipinski definition) is 6. The van der Waals surface area contributed by atoms with Gasteiger partial charge in [-0.1, -0.05) is 130 Å². The van der Waals surface area contributed by atoms with Gasteiger partial charge in [-0.05, 0) is 97.5 Å². The number of phenolic OH excluding ortho intramolecular Hbond substituents is 1. The molecule has 4 aromatic carbocycles. The minimum absolute atomic E-state index is 0.00147. The zero-order chi connectivity index (χ0) is 71.9. The maximum absolute atomic E-state index is 15.0. The standard InChI is InChI=1S/C73H99F3N10O11S/c1-8-54(39-80-40-57-14-11-10-12-15-57)35-52(5)70(93)84(31-27-56-19-24-62(87)25-20-56)42-55(9-2)36-53(6)72(95)85(44-59-21-26-64-65(37-59)97-49-96-64)41-50(3)34-51(4)71(94)86(43-58-17-22-61(23-18-58)73(74,75)76)46-66(89)81-30-13-16-67(90)83(33-29-78)47-68(91)82(32-28-77)45-63(88)38-60(48-98-7)69(79)92/h10-12,14-15,17-26,34-37,51-53,60,80,87H,8-9,13,16,27-33,38-49,77-78H2,1-7H3,(H2,79,92)(H,81,89)/b50-34+,54-35+,55-36+/t51-,52+,53+,60?/m1/s1. The molecule has 4 atom stereocenters. The number of alkyl halides is 3. The molecule has 25 heteroatoms.